The summed E-state index contributed by atoms with van der Waals surface area (Å²) in [5, 5.41) is 9.26. The van der Waals surface area contributed by atoms with Gasteiger partial charge in [0.1, 0.15) is 11.9 Å². The van der Waals surface area contributed by atoms with Crippen molar-refractivity contribution in [3.8, 4) is 11.8 Å². The Morgan fingerprint density at radius 2 is 2.18 bits per heavy atom. The zero-order chi connectivity index (χ0) is 11.5. The van der Waals surface area contributed by atoms with Crippen LogP contribution >= 0.6 is 11.6 Å². The van der Waals surface area contributed by atoms with E-state index in [0.29, 0.717) is 22.3 Å². The Bertz CT molecular complexity index is 425. The lowest BCUT2D eigenvalue weighted by molar-refractivity contribution is 0.168. The maximum atomic E-state index is 8.73. The fourth-order valence-electron chi connectivity index (χ4n) is 2.12. The molecule has 0 N–H and O–H groups in total. The van der Waals surface area contributed by atoms with Gasteiger partial charge in [-0.05, 0) is 43.4 Å². The standard InChI is InChI=1S/C13H14ClNO.CH4/c1-9-3-2-4-12(9)16-13-6-5-10(8-15)7-11(13)14;/h5-7,9,12H,2-4H2,1H3;1H4/t9-,12-;/m1./s1. The van der Waals surface area contributed by atoms with Gasteiger partial charge in [-0.15, -0.1) is 0 Å². The minimum absolute atomic E-state index is 0. The smallest absolute Gasteiger partial charge is 0.138 e. The van der Waals surface area contributed by atoms with Crippen LogP contribution < -0.4 is 4.74 Å². The van der Waals surface area contributed by atoms with Crippen LogP contribution in [0.3, 0.4) is 0 Å². The third-order valence-corrected chi connectivity index (χ3v) is 3.42. The Hall–Kier alpha value is -1.20. The molecule has 0 aliphatic heterocycles. The SMILES string of the molecule is C.C[C@@H]1CCC[C@H]1Oc1ccc(C#N)cc1Cl. The van der Waals surface area contributed by atoms with E-state index in [0.717, 1.165) is 6.42 Å². The average Bonchev–Trinajstić information content (AvgIpc) is 2.67. The molecular weight excluding hydrogens is 234 g/mol. The van der Waals surface area contributed by atoms with Crippen LogP contribution in [0, 0.1) is 17.2 Å². The molecule has 92 valence electrons. The highest BCUT2D eigenvalue weighted by atomic mass is 35.5. The number of rotatable bonds is 2. The van der Waals surface area contributed by atoms with Gasteiger partial charge in [0.25, 0.3) is 0 Å². The van der Waals surface area contributed by atoms with Gasteiger partial charge in [-0.2, -0.15) is 5.26 Å². The van der Waals surface area contributed by atoms with Gasteiger partial charge in [0.2, 0.25) is 0 Å². The Labute approximate surface area is 108 Å². The van der Waals surface area contributed by atoms with Crippen LogP contribution in [0.15, 0.2) is 18.2 Å². The van der Waals surface area contributed by atoms with Gasteiger partial charge in [0.15, 0.2) is 0 Å². The molecule has 1 aliphatic carbocycles. The zero-order valence-corrected chi connectivity index (χ0v) is 10.00. The summed E-state index contributed by atoms with van der Waals surface area (Å²) in [5.41, 5.74) is 0.567. The molecule has 0 heterocycles. The van der Waals surface area contributed by atoms with Crippen molar-refractivity contribution >= 4 is 11.6 Å². The van der Waals surface area contributed by atoms with Crippen LogP contribution in [-0.2, 0) is 0 Å². The normalized spacial score (nSPS) is 22.6. The molecule has 0 saturated heterocycles. The van der Waals surface area contributed by atoms with Gasteiger partial charge >= 0.3 is 0 Å². The van der Waals surface area contributed by atoms with Gasteiger partial charge in [-0.3, -0.25) is 0 Å². The van der Waals surface area contributed by atoms with E-state index in [4.69, 9.17) is 21.6 Å². The topological polar surface area (TPSA) is 33.0 Å². The van der Waals surface area contributed by atoms with Crippen molar-refractivity contribution in [2.75, 3.05) is 0 Å². The van der Waals surface area contributed by atoms with E-state index in [1.807, 2.05) is 0 Å². The number of hydrogen-bond donors (Lipinski definition) is 0. The Morgan fingerprint density at radius 1 is 1.41 bits per heavy atom. The number of ether oxygens (including phenoxy) is 1. The van der Waals surface area contributed by atoms with Gasteiger partial charge in [-0.25, -0.2) is 0 Å². The van der Waals surface area contributed by atoms with E-state index < -0.39 is 0 Å². The average molecular weight is 252 g/mol. The van der Waals surface area contributed by atoms with Crippen LogP contribution in [0.5, 0.6) is 5.75 Å². The van der Waals surface area contributed by atoms with Gasteiger partial charge < -0.3 is 4.74 Å². The molecule has 0 amide bonds. The predicted octanol–water partition coefficient (Wildman–Crippen LogP) is 4.42. The largest absolute Gasteiger partial charge is 0.489 e. The second kappa shape index (κ2) is 5.93. The zero-order valence-electron chi connectivity index (χ0n) is 9.24. The summed E-state index contributed by atoms with van der Waals surface area (Å²) in [6.45, 7) is 2.20. The lowest BCUT2D eigenvalue weighted by Gasteiger charge is -2.18. The summed E-state index contributed by atoms with van der Waals surface area (Å²) in [6.07, 6.45) is 3.81. The van der Waals surface area contributed by atoms with Crippen molar-refractivity contribution in [1.82, 2.24) is 0 Å². The number of benzene rings is 1. The lowest BCUT2D eigenvalue weighted by atomic mass is 10.1. The first-order valence-electron chi connectivity index (χ1n) is 5.57. The van der Waals surface area contributed by atoms with Gasteiger partial charge in [0.05, 0.1) is 16.7 Å². The lowest BCUT2D eigenvalue weighted by Crippen LogP contribution is -2.19. The molecule has 0 bridgehead atoms. The molecule has 1 saturated carbocycles. The third kappa shape index (κ3) is 3.14. The maximum absolute atomic E-state index is 8.73. The van der Waals surface area contributed by atoms with E-state index in [2.05, 4.69) is 13.0 Å². The molecular formula is C14H18ClNO. The summed E-state index contributed by atoms with van der Waals surface area (Å²) in [5.74, 6) is 1.28. The molecule has 2 rings (SSSR count). The van der Waals surface area contributed by atoms with Crippen LogP contribution in [0.25, 0.3) is 0 Å². The minimum Gasteiger partial charge on any atom is -0.489 e. The van der Waals surface area contributed by atoms with Crippen LogP contribution in [0.1, 0.15) is 39.2 Å². The molecule has 1 aliphatic rings. The van der Waals surface area contributed by atoms with Crippen molar-refractivity contribution in [3.05, 3.63) is 28.8 Å². The molecule has 3 heteroatoms. The highest BCUT2D eigenvalue weighted by Crippen LogP contribution is 2.32. The van der Waals surface area contributed by atoms with E-state index in [1.165, 1.54) is 12.8 Å². The second-order valence-electron chi connectivity index (χ2n) is 4.32. The molecule has 0 radical (unpaired) electrons. The monoisotopic (exact) mass is 251 g/mol. The molecule has 0 spiro atoms. The molecule has 1 aromatic carbocycles. The fourth-order valence-corrected chi connectivity index (χ4v) is 2.34. The molecule has 1 aromatic rings. The number of halogens is 1. The van der Waals surface area contributed by atoms with Gasteiger partial charge in [-0.1, -0.05) is 26.0 Å². The Balaban J connectivity index is 0.00000144. The Morgan fingerprint density at radius 3 is 2.71 bits per heavy atom. The number of hydrogen-bond acceptors (Lipinski definition) is 2. The molecule has 17 heavy (non-hydrogen) atoms. The summed E-state index contributed by atoms with van der Waals surface area (Å²) >= 11 is 6.06. The number of nitriles is 1. The van der Waals surface area contributed by atoms with Crippen molar-refractivity contribution < 1.29 is 4.74 Å². The number of nitrogens with zero attached hydrogens (tertiary/aromatic N) is 1. The Kier molecular flexibility index (Phi) is 4.84. The summed E-state index contributed by atoms with van der Waals surface area (Å²) < 4.78 is 5.88. The maximum Gasteiger partial charge on any atom is 0.138 e. The van der Waals surface area contributed by atoms with Crippen LogP contribution in [0.4, 0.5) is 0 Å². The summed E-state index contributed by atoms with van der Waals surface area (Å²) in [7, 11) is 0. The predicted molar refractivity (Wildman–Crippen MR) is 70.3 cm³/mol. The highest BCUT2D eigenvalue weighted by Gasteiger charge is 2.25. The molecule has 2 atom stereocenters. The van der Waals surface area contributed by atoms with Crippen molar-refractivity contribution in [3.63, 3.8) is 0 Å². The fraction of sp³-hybridized carbons (Fsp3) is 0.500. The van der Waals surface area contributed by atoms with E-state index in [-0.39, 0.29) is 13.5 Å². The molecule has 0 aromatic heterocycles. The molecule has 1 fully saturated rings. The van der Waals surface area contributed by atoms with Crippen molar-refractivity contribution in [2.45, 2.75) is 39.7 Å². The van der Waals surface area contributed by atoms with Crippen LogP contribution in [-0.4, -0.2) is 6.10 Å². The van der Waals surface area contributed by atoms with Gasteiger partial charge in [0, 0.05) is 0 Å². The van der Waals surface area contributed by atoms with Crippen LogP contribution in [0.2, 0.25) is 5.02 Å². The second-order valence-corrected chi connectivity index (χ2v) is 4.73. The first-order valence-corrected chi connectivity index (χ1v) is 5.95. The van der Waals surface area contributed by atoms with E-state index in [1.54, 1.807) is 18.2 Å². The minimum atomic E-state index is 0. The quantitative estimate of drug-likeness (QED) is 0.780. The summed E-state index contributed by atoms with van der Waals surface area (Å²) in [6, 6.07) is 7.23. The first-order chi connectivity index (χ1) is 7.70. The summed E-state index contributed by atoms with van der Waals surface area (Å²) in [4.78, 5) is 0. The van der Waals surface area contributed by atoms with E-state index in [9.17, 15) is 0 Å². The molecule has 0 unspecified atom stereocenters. The van der Waals surface area contributed by atoms with Crippen molar-refractivity contribution in [1.29, 1.82) is 5.26 Å². The molecule has 2 nitrogen and oxygen atoms in total. The van der Waals surface area contributed by atoms with Crippen molar-refractivity contribution in [2.24, 2.45) is 5.92 Å². The third-order valence-electron chi connectivity index (χ3n) is 3.12. The highest BCUT2D eigenvalue weighted by molar-refractivity contribution is 6.32. The first kappa shape index (κ1) is 13.9. The van der Waals surface area contributed by atoms with E-state index >= 15 is 0 Å².